The van der Waals surface area contributed by atoms with Gasteiger partial charge in [0, 0.05) is 10.6 Å². The number of carbonyl (C=O) groups excluding carboxylic acids is 1. The predicted octanol–water partition coefficient (Wildman–Crippen LogP) is 3.93. The first kappa shape index (κ1) is 15.1. The summed E-state index contributed by atoms with van der Waals surface area (Å²) in [5.41, 5.74) is 5.56. The average Bonchev–Trinajstić information content (AvgIpc) is 2.73. The molecule has 0 fully saturated rings. The highest BCUT2D eigenvalue weighted by atomic mass is 79.9. The first-order valence-electron chi connectivity index (χ1n) is 5.09. The third-order valence-corrected chi connectivity index (χ3v) is 3.99. The Morgan fingerprint density at radius 1 is 1.50 bits per heavy atom. The van der Waals surface area contributed by atoms with E-state index in [-0.39, 0.29) is 21.9 Å². The molecule has 20 heavy (non-hydrogen) atoms. The number of carbonyl (C=O) groups is 1. The van der Waals surface area contributed by atoms with E-state index in [0.29, 0.717) is 8.94 Å². The molecule has 1 amide bonds. The summed E-state index contributed by atoms with van der Waals surface area (Å²) in [5, 5.41) is 0.293. The quantitative estimate of drug-likeness (QED) is 0.870. The molecule has 0 aliphatic carbocycles. The van der Waals surface area contributed by atoms with Crippen molar-refractivity contribution >= 4 is 44.8 Å². The number of thiazole rings is 1. The first-order valence-corrected chi connectivity index (χ1v) is 7.08. The maximum absolute atomic E-state index is 12.4. The third kappa shape index (κ3) is 3.25. The highest BCUT2D eigenvalue weighted by Crippen LogP contribution is 2.38. The number of halogens is 4. The van der Waals surface area contributed by atoms with Crippen molar-refractivity contribution in [1.82, 2.24) is 4.98 Å². The van der Waals surface area contributed by atoms with Crippen molar-refractivity contribution in [3.05, 3.63) is 32.0 Å². The molecule has 1 heterocycles. The van der Waals surface area contributed by atoms with E-state index in [9.17, 15) is 13.6 Å². The van der Waals surface area contributed by atoms with Gasteiger partial charge in [-0.2, -0.15) is 8.78 Å². The molecule has 0 bridgehead atoms. The van der Waals surface area contributed by atoms with Crippen LogP contribution in [0.3, 0.4) is 0 Å². The Kier molecular flexibility index (Phi) is 4.56. The smallest absolute Gasteiger partial charge is 0.387 e. The minimum atomic E-state index is -3.01. The van der Waals surface area contributed by atoms with Crippen LogP contribution in [0.2, 0.25) is 5.02 Å². The molecule has 1 aromatic heterocycles. The molecule has 0 unspecified atom stereocenters. The van der Waals surface area contributed by atoms with Crippen LogP contribution < -0.4 is 10.5 Å². The zero-order valence-corrected chi connectivity index (χ0v) is 12.7. The molecular weight excluding hydrogens is 378 g/mol. The van der Waals surface area contributed by atoms with E-state index in [4.69, 9.17) is 17.3 Å². The number of rotatable bonds is 4. The Balaban J connectivity index is 2.61. The van der Waals surface area contributed by atoms with Gasteiger partial charge in [0.25, 0.3) is 5.91 Å². The number of hydrogen-bond donors (Lipinski definition) is 1. The van der Waals surface area contributed by atoms with Crippen LogP contribution in [0.15, 0.2) is 22.1 Å². The summed E-state index contributed by atoms with van der Waals surface area (Å²) in [6.45, 7) is -3.01. The lowest BCUT2D eigenvalue weighted by Crippen LogP contribution is -2.11. The van der Waals surface area contributed by atoms with Gasteiger partial charge in [-0.05, 0) is 34.1 Å². The Morgan fingerprint density at radius 2 is 2.20 bits per heavy atom. The lowest BCUT2D eigenvalue weighted by molar-refractivity contribution is -0.0494. The summed E-state index contributed by atoms with van der Waals surface area (Å²) in [7, 11) is 0. The second-order valence-electron chi connectivity index (χ2n) is 3.53. The van der Waals surface area contributed by atoms with Crippen LogP contribution >= 0.6 is 38.9 Å². The monoisotopic (exact) mass is 382 g/mol. The average molecular weight is 384 g/mol. The first-order chi connectivity index (χ1) is 9.38. The second-order valence-corrected chi connectivity index (χ2v) is 6.24. The predicted molar refractivity (Wildman–Crippen MR) is 75.4 cm³/mol. The van der Waals surface area contributed by atoms with Gasteiger partial charge in [0.05, 0.1) is 5.69 Å². The van der Waals surface area contributed by atoms with Crippen LogP contribution in [0.4, 0.5) is 8.78 Å². The highest BCUT2D eigenvalue weighted by molar-refractivity contribution is 9.11. The van der Waals surface area contributed by atoms with Crippen LogP contribution in [-0.2, 0) is 0 Å². The van der Waals surface area contributed by atoms with Gasteiger partial charge in [-0.3, -0.25) is 4.79 Å². The lowest BCUT2D eigenvalue weighted by Gasteiger charge is -2.10. The Morgan fingerprint density at radius 3 is 2.80 bits per heavy atom. The van der Waals surface area contributed by atoms with Crippen molar-refractivity contribution < 1.29 is 18.3 Å². The highest BCUT2D eigenvalue weighted by Gasteiger charge is 2.21. The fourth-order valence-electron chi connectivity index (χ4n) is 1.53. The van der Waals surface area contributed by atoms with E-state index in [2.05, 4.69) is 25.7 Å². The molecule has 0 spiro atoms. The van der Waals surface area contributed by atoms with Gasteiger partial charge < -0.3 is 10.5 Å². The number of nitrogens with zero attached hydrogens (tertiary/aromatic N) is 1. The molecule has 106 valence electrons. The van der Waals surface area contributed by atoms with Crippen LogP contribution in [0.5, 0.6) is 5.75 Å². The molecule has 0 saturated carbocycles. The molecule has 0 radical (unpaired) electrons. The number of alkyl halides is 2. The van der Waals surface area contributed by atoms with Crippen molar-refractivity contribution in [1.29, 1.82) is 0 Å². The maximum Gasteiger partial charge on any atom is 0.387 e. The molecule has 0 aliphatic rings. The van der Waals surface area contributed by atoms with E-state index in [0.717, 1.165) is 11.3 Å². The summed E-state index contributed by atoms with van der Waals surface area (Å²) < 4.78 is 29.6. The minimum Gasteiger partial charge on any atom is -0.434 e. The number of aromatic nitrogens is 1. The van der Waals surface area contributed by atoms with Gasteiger partial charge in [0.1, 0.15) is 10.6 Å². The minimum absolute atomic E-state index is 0.123. The van der Waals surface area contributed by atoms with Gasteiger partial charge >= 0.3 is 6.61 Å². The van der Waals surface area contributed by atoms with E-state index < -0.39 is 12.5 Å². The van der Waals surface area contributed by atoms with Crippen molar-refractivity contribution in [3.63, 3.8) is 0 Å². The fraction of sp³-hybridized carbons (Fsp3) is 0.0909. The molecule has 2 aromatic rings. The Hall–Kier alpha value is -1.25. The number of primary amides is 1. The molecule has 2 rings (SSSR count). The van der Waals surface area contributed by atoms with Crippen LogP contribution in [0.25, 0.3) is 11.3 Å². The standard InChI is InChI=1S/C11H6BrClF2N2O2S/c12-10-17-7(8(20-10)9(16)18)5-3-4(13)1-2-6(5)19-11(14)15/h1-3,11H,(H2,16,18). The molecule has 0 aliphatic heterocycles. The van der Waals surface area contributed by atoms with Gasteiger partial charge in [-0.25, -0.2) is 4.98 Å². The summed E-state index contributed by atoms with van der Waals surface area (Å²) >= 11 is 9.96. The van der Waals surface area contributed by atoms with E-state index >= 15 is 0 Å². The number of amides is 1. The van der Waals surface area contributed by atoms with E-state index in [1.807, 2.05) is 0 Å². The summed E-state index contributed by atoms with van der Waals surface area (Å²) in [6.07, 6.45) is 0. The van der Waals surface area contributed by atoms with Crippen LogP contribution in [0, 0.1) is 0 Å². The number of nitrogens with two attached hydrogens (primary N) is 1. The van der Waals surface area contributed by atoms with Crippen molar-refractivity contribution in [2.24, 2.45) is 5.73 Å². The van der Waals surface area contributed by atoms with Crippen molar-refractivity contribution in [2.45, 2.75) is 6.61 Å². The molecule has 0 saturated heterocycles. The van der Waals surface area contributed by atoms with Crippen LogP contribution in [0.1, 0.15) is 9.67 Å². The van der Waals surface area contributed by atoms with Gasteiger partial charge in [-0.15, -0.1) is 11.3 Å². The van der Waals surface area contributed by atoms with Crippen LogP contribution in [-0.4, -0.2) is 17.5 Å². The summed E-state index contributed by atoms with van der Waals surface area (Å²) in [4.78, 5) is 15.6. The summed E-state index contributed by atoms with van der Waals surface area (Å²) in [5.74, 6) is -0.851. The van der Waals surface area contributed by atoms with E-state index in [1.54, 1.807) is 0 Å². The molecular formula is C11H6BrClF2N2O2S. The van der Waals surface area contributed by atoms with Gasteiger partial charge in [0.15, 0.2) is 3.92 Å². The number of ether oxygens (including phenoxy) is 1. The van der Waals surface area contributed by atoms with Gasteiger partial charge in [-0.1, -0.05) is 11.6 Å². The molecule has 9 heteroatoms. The van der Waals surface area contributed by atoms with Gasteiger partial charge in [0.2, 0.25) is 0 Å². The molecule has 4 nitrogen and oxygen atoms in total. The summed E-state index contributed by atoms with van der Waals surface area (Å²) in [6, 6.07) is 4.06. The molecule has 0 atom stereocenters. The topological polar surface area (TPSA) is 65.2 Å². The van der Waals surface area contributed by atoms with Crippen molar-refractivity contribution in [3.8, 4) is 17.0 Å². The second kappa shape index (κ2) is 6.02. The largest absolute Gasteiger partial charge is 0.434 e. The lowest BCUT2D eigenvalue weighted by atomic mass is 10.1. The van der Waals surface area contributed by atoms with E-state index in [1.165, 1.54) is 18.2 Å². The zero-order chi connectivity index (χ0) is 14.9. The Bertz CT molecular complexity index is 666. The number of benzene rings is 1. The van der Waals surface area contributed by atoms with Crippen molar-refractivity contribution in [2.75, 3.05) is 0 Å². The normalized spacial score (nSPS) is 10.8. The maximum atomic E-state index is 12.4. The third-order valence-electron chi connectivity index (χ3n) is 2.24. The SMILES string of the molecule is NC(=O)c1sc(Br)nc1-c1cc(Cl)ccc1OC(F)F. The number of hydrogen-bond acceptors (Lipinski definition) is 4. The molecule has 1 aromatic carbocycles. The zero-order valence-electron chi connectivity index (χ0n) is 9.57. The fourth-order valence-corrected chi connectivity index (χ4v) is 3.02. The Labute approximate surface area is 129 Å². The molecule has 2 N–H and O–H groups in total.